The molecule has 0 saturated carbocycles. The number of benzene rings is 3. The number of nitriles is 1. The standard InChI is InChI=1S/C30H30N2O5/c1-5-34-22-10-8-21(9-11-22)28-25-15-14-24(16-27(25)37-29(32)26(28)17-31)36-30(33)19(4)35-23-12-6-20(7-13-23)18(2)3/h6-16,18-19,28H,5,32H2,1-4H3. The Hall–Kier alpha value is -4.44. The highest BCUT2D eigenvalue weighted by molar-refractivity contribution is 5.77. The third-order valence-corrected chi connectivity index (χ3v) is 6.12. The summed E-state index contributed by atoms with van der Waals surface area (Å²) in [7, 11) is 0. The second kappa shape index (κ2) is 11.1. The summed E-state index contributed by atoms with van der Waals surface area (Å²) in [5.41, 5.74) is 9.21. The first-order valence-electron chi connectivity index (χ1n) is 12.2. The summed E-state index contributed by atoms with van der Waals surface area (Å²) < 4.78 is 22.6. The lowest BCUT2D eigenvalue weighted by Gasteiger charge is -2.27. The lowest BCUT2D eigenvalue weighted by molar-refractivity contribution is -0.141. The van der Waals surface area contributed by atoms with Crippen molar-refractivity contribution in [2.24, 2.45) is 5.73 Å². The summed E-state index contributed by atoms with van der Waals surface area (Å²) in [5, 5.41) is 9.78. The van der Waals surface area contributed by atoms with E-state index in [1.165, 1.54) is 5.56 Å². The van der Waals surface area contributed by atoms with E-state index < -0.39 is 18.0 Å². The van der Waals surface area contributed by atoms with Crippen LogP contribution in [0.25, 0.3) is 0 Å². The molecule has 0 aliphatic carbocycles. The van der Waals surface area contributed by atoms with Crippen LogP contribution < -0.4 is 24.7 Å². The Bertz CT molecular complexity index is 1340. The second-order valence-electron chi connectivity index (χ2n) is 9.03. The molecule has 2 atom stereocenters. The Morgan fingerprint density at radius 3 is 2.27 bits per heavy atom. The fraction of sp³-hybridized carbons (Fsp3) is 0.267. The topological polar surface area (TPSA) is 104 Å². The molecule has 2 N–H and O–H groups in total. The fourth-order valence-electron chi connectivity index (χ4n) is 4.15. The van der Waals surface area contributed by atoms with Gasteiger partial charge in [0.15, 0.2) is 6.10 Å². The summed E-state index contributed by atoms with van der Waals surface area (Å²) in [4.78, 5) is 12.7. The van der Waals surface area contributed by atoms with E-state index in [4.69, 9.17) is 24.7 Å². The zero-order valence-corrected chi connectivity index (χ0v) is 21.4. The zero-order valence-electron chi connectivity index (χ0n) is 21.4. The lowest BCUT2D eigenvalue weighted by atomic mass is 9.83. The Morgan fingerprint density at radius 1 is 1.00 bits per heavy atom. The predicted molar refractivity (Wildman–Crippen MR) is 140 cm³/mol. The van der Waals surface area contributed by atoms with Crippen molar-refractivity contribution in [1.29, 1.82) is 5.26 Å². The van der Waals surface area contributed by atoms with Gasteiger partial charge < -0.3 is 24.7 Å². The molecule has 4 rings (SSSR count). The summed E-state index contributed by atoms with van der Waals surface area (Å²) in [6, 6.07) is 22.4. The largest absolute Gasteiger partial charge is 0.494 e. The minimum Gasteiger partial charge on any atom is -0.494 e. The monoisotopic (exact) mass is 498 g/mol. The molecule has 190 valence electrons. The van der Waals surface area contributed by atoms with Crippen LogP contribution in [0.2, 0.25) is 0 Å². The highest BCUT2D eigenvalue weighted by Crippen LogP contribution is 2.43. The van der Waals surface area contributed by atoms with Crippen molar-refractivity contribution < 1.29 is 23.7 Å². The molecule has 0 spiro atoms. The summed E-state index contributed by atoms with van der Waals surface area (Å²) >= 11 is 0. The third-order valence-electron chi connectivity index (χ3n) is 6.12. The number of fused-ring (bicyclic) bond motifs is 1. The van der Waals surface area contributed by atoms with Crippen molar-refractivity contribution in [3.05, 3.63) is 94.9 Å². The van der Waals surface area contributed by atoms with Crippen LogP contribution in [-0.4, -0.2) is 18.7 Å². The molecule has 0 bridgehead atoms. The average Bonchev–Trinajstić information content (AvgIpc) is 2.88. The number of carbonyl (C=O) groups excluding carboxylic acids is 1. The van der Waals surface area contributed by atoms with Crippen LogP contribution in [0.1, 0.15) is 56.2 Å². The van der Waals surface area contributed by atoms with E-state index in [1.54, 1.807) is 25.1 Å². The molecule has 1 aliphatic heterocycles. The van der Waals surface area contributed by atoms with Crippen LogP contribution in [0.15, 0.2) is 78.2 Å². The normalized spacial score (nSPS) is 15.3. The van der Waals surface area contributed by atoms with E-state index in [0.717, 1.165) is 16.9 Å². The molecule has 0 saturated heterocycles. The first kappa shape index (κ1) is 25.6. The molecular formula is C30H30N2O5. The Balaban J connectivity index is 1.52. The van der Waals surface area contributed by atoms with Gasteiger partial charge in [0.2, 0.25) is 5.88 Å². The van der Waals surface area contributed by atoms with E-state index in [1.807, 2.05) is 55.5 Å². The van der Waals surface area contributed by atoms with Gasteiger partial charge in [0.1, 0.15) is 34.6 Å². The van der Waals surface area contributed by atoms with E-state index in [9.17, 15) is 10.1 Å². The quantitative estimate of drug-likeness (QED) is 0.309. The van der Waals surface area contributed by atoms with Crippen molar-refractivity contribution in [3.8, 4) is 29.1 Å². The molecule has 3 aromatic rings. The summed E-state index contributed by atoms with van der Waals surface area (Å²) in [6.07, 6.45) is -0.825. The average molecular weight is 499 g/mol. The molecule has 0 aromatic heterocycles. The van der Waals surface area contributed by atoms with Crippen molar-refractivity contribution in [2.75, 3.05) is 6.61 Å². The summed E-state index contributed by atoms with van der Waals surface area (Å²) in [6.45, 7) is 8.34. The van der Waals surface area contributed by atoms with E-state index in [0.29, 0.717) is 29.6 Å². The van der Waals surface area contributed by atoms with E-state index >= 15 is 0 Å². The Kier molecular flexibility index (Phi) is 7.69. The molecule has 0 amide bonds. The molecule has 0 fully saturated rings. The van der Waals surface area contributed by atoms with Crippen molar-refractivity contribution in [2.45, 2.75) is 45.6 Å². The number of nitrogens with zero attached hydrogens (tertiary/aromatic N) is 1. The maximum atomic E-state index is 12.7. The molecule has 2 unspecified atom stereocenters. The second-order valence-corrected chi connectivity index (χ2v) is 9.03. The zero-order chi connectivity index (χ0) is 26.5. The third kappa shape index (κ3) is 5.70. The van der Waals surface area contributed by atoms with Gasteiger partial charge in [0, 0.05) is 11.6 Å². The number of allylic oxidation sites excluding steroid dienone is 1. The van der Waals surface area contributed by atoms with Gasteiger partial charge in [-0.25, -0.2) is 4.79 Å². The Labute approximate surface area is 217 Å². The minimum atomic E-state index is -0.825. The molecule has 3 aromatic carbocycles. The SMILES string of the molecule is CCOc1ccc(C2C(C#N)=C(N)Oc3cc(OC(=O)C(C)Oc4ccc(C(C)C)cc4)ccc32)cc1. The molecular weight excluding hydrogens is 468 g/mol. The van der Waals surface area contributed by atoms with Gasteiger partial charge in [-0.3, -0.25) is 0 Å². The number of hydrogen-bond donors (Lipinski definition) is 1. The highest BCUT2D eigenvalue weighted by Gasteiger charge is 2.31. The van der Waals surface area contributed by atoms with Crippen LogP contribution in [-0.2, 0) is 4.79 Å². The predicted octanol–water partition coefficient (Wildman–Crippen LogP) is 5.80. The Morgan fingerprint density at radius 2 is 1.65 bits per heavy atom. The van der Waals surface area contributed by atoms with E-state index in [-0.39, 0.29) is 11.6 Å². The lowest BCUT2D eigenvalue weighted by Crippen LogP contribution is -2.28. The van der Waals surface area contributed by atoms with Gasteiger partial charge in [0.05, 0.1) is 12.5 Å². The number of carbonyl (C=O) groups is 1. The van der Waals surface area contributed by atoms with Crippen LogP contribution in [0, 0.1) is 11.3 Å². The number of rotatable bonds is 8. The molecule has 7 heteroatoms. The number of esters is 1. The highest BCUT2D eigenvalue weighted by atomic mass is 16.6. The molecule has 37 heavy (non-hydrogen) atoms. The van der Waals surface area contributed by atoms with Gasteiger partial charge in [-0.05, 0) is 61.2 Å². The number of ether oxygens (including phenoxy) is 4. The van der Waals surface area contributed by atoms with Crippen LogP contribution >= 0.6 is 0 Å². The first-order valence-corrected chi connectivity index (χ1v) is 12.2. The minimum absolute atomic E-state index is 0.0129. The van der Waals surface area contributed by atoms with Gasteiger partial charge in [-0.1, -0.05) is 44.2 Å². The smallest absolute Gasteiger partial charge is 0.352 e. The van der Waals surface area contributed by atoms with Gasteiger partial charge in [-0.15, -0.1) is 0 Å². The van der Waals surface area contributed by atoms with Gasteiger partial charge >= 0.3 is 5.97 Å². The molecule has 1 aliphatic rings. The number of nitrogens with two attached hydrogens (primary N) is 1. The van der Waals surface area contributed by atoms with Gasteiger partial charge in [-0.2, -0.15) is 5.26 Å². The van der Waals surface area contributed by atoms with Crippen molar-refractivity contribution >= 4 is 5.97 Å². The summed E-state index contributed by atoms with van der Waals surface area (Å²) in [5.74, 6) is 1.47. The van der Waals surface area contributed by atoms with E-state index in [2.05, 4.69) is 19.9 Å². The van der Waals surface area contributed by atoms with Crippen LogP contribution in [0.3, 0.4) is 0 Å². The maximum absolute atomic E-state index is 12.7. The first-order chi connectivity index (χ1) is 17.8. The number of hydrogen-bond acceptors (Lipinski definition) is 7. The molecule has 0 radical (unpaired) electrons. The van der Waals surface area contributed by atoms with Crippen LogP contribution in [0.4, 0.5) is 0 Å². The fourth-order valence-corrected chi connectivity index (χ4v) is 4.15. The van der Waals surface area contributed by atoms with Crippen molar-refractivity contribution in [3.63, 3.8) is 0 Å². The van der Waals surface area contributed by atoms with Crippen molar-refractivity contribution in [1.82, 2.24) is 0 Å². The molecule has 7 nitrogen and oxygen atoms in total. The van der Waals surface area contributed by atoms with Gasteiger partial charge in [0.25, 0.3) is 0 Å². The molecule has 1 heterocycles. The van der Waals surface area contributed by atoms with Crippen LogP contribution in [0.5, 0.6) is 23.0 Å². The maximum Gasteiger partial charge on any atom is 0.352 e.